The summed E-state index contributed by atoms with van der Waals surface area (Å²) in [6, 6.07) is 16.2. The van der Waals surface area contributed by atoms with E-state index in [1.807, 2.05) is 30.3 Å². The van der Waals surface area contributed by atoms with Crippen LogP contribution in [0.4, 0.5) is 5.69 Å². The summed E-state index contributed by atoms with van der Waals surface area (Å²) in [5.74, 6) is 0.896. The number of methoxy groups -OCH3 is 1. The van der Waals surface area contributed by atoms with E-state index >= 15 is 0 Å². The molecule has 0 atom stereocenters. The van der Waals surface area contributed by atoms with E-state index in [0.717, 1.165) is 24.3 Å². The molecule has 0 heterocycles. The van der Waals surface area contributed by atoms with Gasteiger partial charge in [-0.15, -0.1) is 12.4 Å². The van der Waals surface area contributed by atoms with Crippen molar-refractivity contribution in [1.29, 1.82) is 0 Å². The van der Waals surface area contributed by atoms with Crippen molar-refractivity contribution in [2.24, 2.45) is 0 Å². The number of hydrogen-bond acceptors (Lipinski definition) is 2. The zero-order valence-corrected chi connectivity index (χ0v) is 11.2. The van der Waals surface area contributed by atoms with E-state index in [1.165, 1.54) is 11.1 Å². The number of para-hydroxylation sites is 1. The fourth-order valence-electron chi connectivity index (χ4n) is 1.83. The zero-order valence-electron chi connectivity index (χ0n) is 10.4. The highest BCUT2D eigenvalue weighted by Gasteiger charge is 1.99. The smallest absolute Gasteiger partial charge is 0.118 e. The van der Waals surface area contributed by atoms with Crippen LogP contribution in [0.1, 0.15) is 11.1 Å². The lowest BCUT2D eigenvalue weighted by Crippen LogP contribution is -1.96. The Kier molecular flexibility index (Phi) is 5.53. The number of benzene rings is 2. The predicted octanol–water partition coefficient (Wildman–Crippen LogP) is 3.48. The Morgan fingerprint density at radius 3 is 2.22 bits per heavy atom. The summed E-state index contributed by atoms with van der Waals surface area (Å²) in [7, 11) is 1.68. The third kappa shape index (κ3) is 3.67. The van der Waals surface area contributed by atoms with Gasteiger partial charge >= 0.3 is 0 Å². The first-order valence-corrected chi connectivity index (χ1v) is 5.76. The highest BCUT2D eigenvalue weighted by molar-refractivity contribution is 5.85. The molecule has 0 unspecified atom stereocenters. The Hall–Kier alpha value is -1.67. The first-order chi connectivity index (χ1) is 8.29. The average Bonchev–Trinajstić information content (AvgIpc) is 2.38. The SMILES string of the molecule is COc1ccc(CCc2ccccc2N)cc1.Cl. The predicted molar refractivity (Wildman–Crippen MR) is 78.5 cm³/mol. The van der Waals surface area contributed by atoms with Gasteiger partial charge in [0, 0.05) is 5.69 Å². The summed E-state index contributed by atoms with van der Waals surface area (Å²) in [5.41, 5.74) is 9.30. The number of aryl methyl sites for hydroxylation is 2. The molecule has 2 aromatic carbocycles. The van der Waals surface area contributed by atoms with Crippen LogP contribution in [-0.4, -0.2) is 7.11 Å². The van der Waals surface area contributed by atoms with Crippen molar-refractivity contribution in [2.75, 3.05) is 12.8 Å². The molecule has 2 aromatic rings. The van der Waals surface area contributed by atoms with E-state index in [4.69, 9.17) is 10.5 Å². The Balaban J connectivity index is 0.00000162. The van der Waals surface area contributed by atoms with Gasteiger partial charge in [-0.05, 0) is 42.2 Å². The van der Waals surface area contributed by atoms with Crippen LogP contribution in [0.5, 0.6) is 5.75 Å². The van der Waals surface area contributed by atoms with Gasteiger partial charge in [0.2, 0.25) is 0 Å². The summed E-state index contributed by atoms with van der Waals surface area (Å²) in [4.78, 5) is 0. The molecule has 18 heavy (non-hydrogen) atoms. The number of anilines is 1. The third-order valence-electron chi connectivity index (χ3n) is 2.90. The number of ether oxygens (including phenoxy) is 1. The highest BCUT2D eigenvalue weighted by atomic mass is 35.5. The van der Waals surface area contributed by atoms with Crippen LogP contribution in [0.3, 0.4) is 0 Å². The first kappa shape index (κ1) is 14.4. The molecule has 2 rings (SSSR count). The second kappa shape index (κ2) is 6.92. The van der Waals surface area contributed by atoms with Gasteiger partial charge in [0.05, 0.1) is 7.11 Å². The molecule has 3 heteroatoms. The number of rotatable bonds is 4. The molecule has 0 saturated heterocycles. The van der Waals surface area contributed by atoms with Crippen molar-refractivity contribution in [3.8, 4) is 5.75 Å². The van der Waals surface area contributed by atoms with Crippen LogP contribution < -0.4 is 10.5 Å². The second-order valence-corrected chi connectivity index (χ2v) is 4.05. The molecule has 0 aromatic heterocycles. The minimum absolute atomic E-state index is 0. The molecule has 0 aliphatic rings. The van der Waals surface area contributed by atoms with Crippen LogP contribution >= 0.6 is 12.4 Å². The van der Waals surface area contributed by atoms with Crippen molar-refractivity contribution in [3.63, 3.8) is 0 Å². The van der Waals surface area contributed by atoms with Gasteiger partial charge in [-0.2, -0.15) is 0 Å². The monoisotopic (exact) mass is 263 g/mol. The normalized spacial score (nSPS) is 9.61. The zero-order chi connectivity index (χ0) is 12.1. The van der Waals surface area contributed by atoms with E-state index < -0.39 is 0 Å². The Bertz CT molecular complexity index is 482. The minimum atomic E-state index is 0. The number of nitrogens with two attached hydrogens (primary N) is 1. The second-order valence-electron chi connectivity index (χ2n) is 4.05. The summed E-state index contributed by atoms with van der Waals surface area (Å²) in [6.07, 6.45) is 1.97. The molecule has 0 radical (unpaired) electrons. The minimum Gasteiger partial charge on any atom is -0.497 e. The van der Waals surface area contributed by atoms with Gasteiger partial charge < -0.3 is 10.5 Å². The van der Waals surface area contributed by atoms with Crippen molar-refractivity contribution in [3.05, 3.63) is 59.7 Å². The quantitative estimate of drug-likeness (QED) is 0.857. The molecule has 0 aliphatic carbocycles. The van der Waals surface area contributed by atoms with Crippen LogP contribution in [0.25, 0.3) is 0 Å². The third-order valence-corrected chi connectivity index (χ3v) is 2.90. The molecule has 0 amide bonds. The van der Waals surface area contributed by atoms with Gasteiger partial charge in [0.1, 0.15) is 5.75 Å². The molecule has 0 spiro atoms. The summed E-state index contributed by atoms with van der Waals surface area (Å²) in [5, 5.41) is 0. The maximum absolute atomic E-state index is 5.91. The van der Waals surface area contributed by atoms with Gasteiger partial charge in [0.15, 0.2) is 0 Å². The van der Waals surface area contributed by atoms with E-state index in [1.54, 1.807) is 7.11 Å². The molecular formula is C15H18ClNO. The van der Waals surface area contributed by atoms with Gasteiger partial charge in [-0.1, -0.05) is 30.3 Å². The van der Waals surface area contributed by atoms with Crippen LogP contribution in [-0.2, 0) is 12.8 Å². The van der Waals surface area contributed by atoms with E-state index in [9.17, 15) is 0 Å². The number of nitrogen functional groups attached to an aromatic ring is 1. The lowest BCUT2D eigenvalue weighted by molar-refractivity contribution is 0.414. The number of hydrogen-bond donors (Lipinski definition) is 1. The maximum Gasteiger partial charge on any atom is 0.118 e. The molecule has 96 valence electrons. The van der Waals surface area contributed by atoms with Gasteiger partial charge in [-0.3, -0.25) is 0 Å². The molecule has 0 aliphatic heterocycles. The topological polar surface area (TPSA) is 35.2 Å². The summed E-state index contributed by atoms with van der Waals surface area (Å²) in [6.45, 7) is 0. The van der Waals surface area contributed by atoms with Crippen LogP contribution in [0.2, 0.25) is 0 Å². The Morgan fingerprint density at radius 2 is 1.61 bits per heavy atom. The van der Waals surface area contributed by atoms with Crippen molar-refractivity contribution >= 4 is 18.1 Å². The van der Waals surface area contributed by atoms with Crippen molar-refractivity contribution in [2.45, 2.75) is 12.8 Å². The Labute approximate surface area is 114 Å². The van der Waals surface area contributed by atoms with Gasteiger partial charge in [0.25, 0.3) is 0 Å². The van der Waals surface area contributed by atoms with Crippen LogP contribution in [0.15, 0.2) is 48.5 Å². The average molecular weight is 264 g/mol. The molecular weight excluding hydrogens is 246 g/mol. The van der Waals surface area contributed by atoms with E-state index in [-0.39, 0.29) is 12.4 Å². The Morgan fingerprint density at radius 1 is 0.944 bits per heavy atom. The standard InChI is InChI=1S/C15H17NO.ClH/c1-17-14-10-7-12(8-11-14)6-9-13-4-2-3-5-15(13)16;/h2-5,7-8,10-11H,6,9,16H2,1H3;1H. The van der Waals surface area contributed by atoms with E-state index in [0.29, 0.717) is 0 Å². The van der Waals surface area contributed by atoms with Crippen molar-refractivity contribution < 1.29 is 4.74 Å². The maximum atomic E-state index is 5.91. The van der Waals surface area contributed by atoms with Crippen molar-refractivity contribution in [1.82, 2.24) is 0 Å². The van der Waals surface area contributed by atoms with Crippen LogP contribution in [0, 0.1) is 0 Å². The van der Waals surface area contributed by atoms with E-state index in [2.05, 4.69) is 18.2 Å². The van der Waals surface area contributed by atoms with Gasteiger partial charge in [-0.25, -0.2) is 0 Å². The molecule has 0 fully saturated rings. The molecule has 0 bridgehead atoms. The highest BCUT2D eigenvalue weighted by Crippen LogP contribution is 2.16. The summed E-state index contributed by atoms with van der Waals surface area (Å²) >= 11 is 0. The largest absolute Gasteiger partial charge is 0.497 e. The fraction of sp³-hybridized carbons (Fsp3) is 0.200. The molecule has 2 N–H and O–H groups in total. The number of halogens is 1. The first-order valence-electron chi connectivity index (χ1n) is 5.76. The lowest BCUT2D eigenvalue weighted by Gasteiger charge is -2.06. The molecule has 2 nitrogen and oxygen atoms in total. The molecule has 0 saturated carbocycles. The summed E-state index contributed by atoms with van der Waals surface area (Å²) < 4.78 is 5.13. The fourth-order valence-corrected chi connectivity index (χ4v) is 1.83. The lowest BCUT2D eigenvalue weighted by atomic mass is 10.0.